The second-order valence-corrected chi connectivity index (χ2v) is 8.89. The minimum Gasteiger partial charge on any atom is -0.469 e. The number of nitrogens with zero attached hydrogens (tertiary/aromatic N) is 2. The molecule has 0 radical (unpaired) electrons. The first-order valence-corrected chi connectivity index (χ1v) is 11.2. The summed E-state index contributed by atoms with van der Waals surface area (Å²) >= 11 is 1.59. The molecule has 0 spiro atoms. The molecule has 0 saturated carbocycles. The molecule has 8 heteroatoms. The van der Waals surface area contributed by atoms with Crippen LogP contribution in [0.15, 0.2) is 54.6 Å². The highest BCUT2D eigenvalue weighted by Crippen LogP contribution is 2.33. The number of hydrogen-bond acceptors (Lipinski definition) is 7. The first kappa shape index (κ1) is 22.4. The van der Waals surface area contributed by atoms with Crippen molar-refractivity contribution in [1.82, 2.24) is 15.3 Å². The second kappa shape index (κ2) is 9.38. The average Bonchev–Trinajstić information content (AvgIpc) is 3.12. The maximum absolute atomic E-state index is 12.9. The summed E-state index contributed by atoms with van der Waals surface area (Å²) in [6.07, 6.45) is 0.0388. The molecule has 0 aliphatic heterocycles. The highest BCUT2D eigenvalue weighted by atomic mass is 32.1. The number of carbonyl (C=O) groups is 2. The molecule has 4 rings (SSSR count). The van der Waals surface area contributed by atoms with Gasteiger partial charge in [0, 0.05) is 16.0 Å². The molecule has 0 aliphatic rings. The van der Waals surface area contributed by atoms with E-state index >= 15 is 0 Å². The van der Waals surface area contributed by atoms with Gasteiger partial charge in [-0.3, -0.25) is 9.59 Å². The van der Waals surface area contributed by atoms with Gasteiger partial charge >= 0.3 is 5.97 Å². The molecule has 4 aromatic rings. The Kier molecular flexibility index (Phi) is 6.37. The van der Waals surface area contributed by atoms with Crippen LogP contribution in [-0.2, 0) is 9.53 Å². The van der Waals surface area contributed by atoms with Crippen molar-refractivity contribution in [2.75, 3.05) is 12.8 Å². The molecule has 0 fully saturated rings. The third kappa shape index (κ3) is 4.70. The zero-order chi connectivity index (χ0) is 23.5. The van der Waals surface area contributed by atoms with Crippen molar-refractivity contribution < 1.29 is 14.3 Å². The number of nitrogen functional groups attached to an aromatic ring is 1. The zero-order valence-corrected chi connectivity index (χ0v) is 19.4. The standard InChI is InChI=1S/C25H24N4O3S/c1-14-15(2)33-25-21(14)22(26)28-23(29-25)17-9-11-18(12-10-17)24(31)27-19(13-20(30)32-3)16-7-5-4-6-8-16/h4-12,19H,13H2,1-3H3,(H,27,31)(H2,26,28,29). The molecule has 0 saturated heterocycles. The number of anilines is 1. The van der Waals surface area contributed by atoms with Crippen molar-refractivity contribution >= 4 is 39.2 Å². The van der Waals surface area contributed by atoms with Gasteiger partial charge in [-0.2, -0.15) is 0 Å². The molecule has 0 bridgehead atoms. The lowest BCUT2D eigenvalue weighted by Gasteiger charge is -2.18. The number of rotatable bonds is 6. The van der Waals surface area contributed by atoms with Gasteiger partial charge in [0.05, 0.1) is 25.0 Å². The Morgan fingerprint density at radius 2 is 1.76 bits per heavy atom. The Morgan fingerprint density at radius 3 is 2.42 bits per heavy atom. The number of ether oxygens (including phenoxy) is 1. The van der Waals surface area contributed by atoms with Crippen LogP contribution in [-0.4, -0.2) is 29.0 Å². The number of methoxy groups -OCH3 is 1. The predicted octanol–water partition coefficient (Wildman–Crippen LogP) is 4.59. The van der Waals surface area contributed by atoms with E-state index in [0.29, 0.717) is 17.2 Å². The van der Waals surface area contributed by atoms with Gasteiger partial charge in [0.25, 0.3) is 5.91 Å². The van der Waals surface area contributed by atoms with Crippen LogP contribution >= 0.6 is 11.3 Å². The lowest BCUT2D eigenvalue weighted by atomic mass is 10.0. The molecular formula is C25H24N4O3S. The maximum Gasteiger partial charge on any atom is 0.307 e. The van der Waals surface area contributed by atoms with Crippen molar-refractivity contribution in [3.8, 4) is 11.4 Å². The molecule has 0 aliphatic carbocycles. The van der Waals surface area contributed by atoms with Gasteiger partial charge in [-0.15, -0.1) is 11.3 Å². The summed E-state index contributed by atoms with van der Waals surface area (Å²) in [6.45, 7) is 4.06. The molecule has 1 amide bonds. The Balaban J connectivity index is 1.56. The summed E-state index contributed by atoms with van der Waals surface area (Å²) in [5, 5.41) is 3.82. The summed E-state index contributed by atoms with van der Waals surface area (Å²) in [6, 6.07) is 15.8. The number of hydrogen-bond donors (Lipinski definition) is 2. The maximum atomic E-state index is 12.9. The normalized spacial score (nSPS) is 11.8. The number of carbonyl (C=O) groups excluding carboxylic acids is 2. The predicted molar refractivity (Wildman–Crippen MR) is 130 cm³/mol. The van der Waals surface area contributed by atoms with E-state index in [9.17, 15) is 9.59 Å². The largest absolute Gasteiger partial charge is 0.469 e. The summed E-state index contributed by atoms with van der Waals surface area (Å²) in [7, 11) is 1.33. The third-order valence-corrected chi connectivity index (χ3v) is 6.67. The molecule has 33 heavy (non-hydrogen) atoms. The van der Waals surface area contributed by atoms with Gasteiger partial charge < -0.3 is 15.8 Å². The Bertz CT molecular complexity index is 1320. The quantitative estimate of drug-likeness (QED) is 0.408. The van der Waals surface area contributed by atoms with E-state index in [-0.39, 0.29) is 12.3 Å². The highest BCUT2D eigenvalue weighted by molar-refractivity contribution is 7.18. The number of amides is 1. The van der Waals surface area contributed by atoms with Gasteiger partial charge in [-0.1, -0.05) is 42.5 Å². The van der Waals surface area contributed by atoms with Crippen LogP contribution in [0.5, 0.6) is 0 Å². The molecule has 2 aromatic carbocycles. The van der Waals surface area contributed by atoms with Crippen molar-refractivity contribution in [2.24, 2.45) is 0 Å². The van der Waals surface area contributed by atoms with Crippen LogP contribution in [0.4, 0.5) is 5.82 Å². The first-order valence-electron chi connectivity index (χ1n) is 10.4. The summed E-state index contributed by atoms with van der Waals surface area (Å²) < 4.78 is 4.79. The Morgan fingerprint density at radius 1 is 1.06 bits per heavy atom. The van der Waals surface area contributed by atoms with E-state index in [0.717, 1.165) is 31.8 Å². The van der Waals surface area contributed by atoms with Gasteiger partial charge in [-0.25, -0.2) is 9.97 Å². The van der Waals surface area contributed by atoms with E-state index in [1.165, 1.54) is 7.11 Å². The van der Waals surface area contributed by atoms with Gasteiger partial charge in [0.15, 0.2) is 5.82 Å². The van der Waals surface area contributed by atoms with Crippen LogP contribution in [0.1, 0.15) is 38.8 Å². The lowest BCUT2D eigenvalue weighted by Crippen LogP contribution is -2.30. The van der Waals surface area contributed by atoms with Crippen LogP contribution in [0.3, 0.4) is 0 Å². The van der Waals surface area contributed by atoms with E-state index in [4.69, 9.17) is 10.5 Å². The van der Waals surface area contributed by atoms with Gasteiger partial charge in [0.2, 0.25) is 0 Å². The van der Waals surface area contributed by atoms with Crippen molar-refractivity contribution in [3.63, 3.8) is 0 Å². The van der Waals surface area contributed by atoms with Crippen LogP contribution in [0.2, 0.25) is 0 Å². The fourth-order valence-electron chi connectivity index (χ4n) is 3.61. The van der Waals surface area contributed by atoms with E-state index < -0.39 is 12.0 Å². The number of nitrogens with one attached hydrogen (secondary N) is 1. The minimum absolute atomic E-state index is 0.0388. The van der Waals surface area contributed by atoms with Crippen molar-refractivity contribution in [1.29, 1.82) is 0 Å². The molecule has 1 unspecified atom stereocenters. The molecular weight excluding hydrogens is 436 g/mol. The number of benzene rings is 2. The van der Waals surface area contributed by atoms with Crippen molar-refractivity contribution in [3.05, 3.63) is 76.2 Å². The topological polar surface area (TPSA) is 107 Å². The minimum atomic E-state index is -0.498. The van der Waals surface area contributed by atoms with Crippen LogP contribution in [0, 0.1) is 13.8 Å². The summed E-state index contributed by atoms with van der Waals surface area (Å²) in [4.78, 5) is 35.9. The molecule has 1 atom stereocenters. The molecule has 7 nitrogen and oxygen atoms in total. The average molecular weight is 461 g/mol. The van der Waals surface area contributed by atoms with Crippen LogP contribution in [0.25, 0.3) is 21.6 Å². The smallest absolute Gasteiger partial charge is 0.307 e. The Labute approximate surface area is 195 Å². The number of thiophene rings is 1. The number of nitrogens with two attached hydrogens (primary N) is 1. The highest BCUT2D eigenvalue weighted by Gasteiger charge is 2.20. The van der Waals surface area contributed by atoms with Gasteiger partial charge in [-0.05, 0) is 37.1 Å². The molecule has 3 N–H and O–H groups in total. The van der Waals surface area contributed by atoms with Gasteiger partial charge in [0.1, 0.15) is 10.6 Å². The second-order valence-electron chi connectivity index (χ2n) is 7.69. The third-order valence-electron chi connectivity index (χ3n) is 5.57. The summed E-state index contributed by atoms with van der Waals surface area (Å²) in [5.74, 6) is 0.275. The SMILES string of the molecule is COC(=O)CC(NC(=O)c1ccc(-c2nc(N)c3c(C)c(C)sc3n2)cc1)c1ccccc1. The van der Waals surface area contributed by atoms with Crippen LogP contribution < -0.4 is 11.1 Å². The van der Waals surface area contributed by atoms with Crippen molar-refractivity contribution in [2.45, 2.75) is 26.3 Å². The number of esters is 1. The zero-order valence-electron chi connectivity index (χ0n) is 18.6. The fraction of sp³-hybridized carbons (Fsp3) is 0.200. The van der Waals surface area contributed by atoms with E-state index in [2.05, 4.69) is 15.3 Å². The van der Waals surface area contributed by atoms with E-state index in [1.54, 1.807) is 35.6 Å². The van der Waals surface area contributed by atoms with E-state index in [1.807, 2.05) is 44.2 Å². The molecule has 2 aromatic heterocycles. The summed E-state index contributed by atoms with van der Waals surface area (Å²) in [5.41, 5.74) is 9.35. The number of fused-ring (bicyclic) bond motifs is 1. The molecule has 168 valence electrons. The molecule has 2 heterocycles. The lowest BCUT2D eigenvalue weighted by molar-refractivity contribution is -0.141. The fourth-order valence-corrected chi connectivity index (χ4v) is 4.65. The Hall–Kier alpha value is -3.78. The number of aryl methyl sites for hydroxylation is 2. The number of aromatic nitrogens is 2. The first-order chi connectivity index (χ1) is 15.9. The monoisotopic (exact) mass is 460 g/mol.